The molecule has 0 atom stereocenters. The minimum atomic E-state index is 0.599. The van der Waals surface area contributed by atoms with E-state index >= 15 is 0 Å². The summed E-state index contributed by atoms with van der Waals surface area (Å²) in [5, 5.41) is 3.30. The fraction of sp³-hybridized carbons (Fsp3) is 1.00. The summed E-state index contributed by atoms with van der Waals surface area (Å²) in [4.78, 5) is 2.39. The lowest BCUT2D eigenvalue weighted by Gasteiger charge is -2.24. The van der Waals surface area contributed by atoms with Crippen molar-refractivity contribution in [2.24, 2.45) is 0 Å². The molecular formula is C16H38N2O2. The van der Waals surface area contributed by atoms with E-state index in [1.165, 1.54) is 13.0 Å². The van der Waals surface area contributed by atoms with Gasteiger partial charge in [-0.2, -0.15) is 0 Å². The first-order valence-corrected chi connectivity index (χ1v) is 8.14. The average Bonchev–Trinajstić information content (AvgIpc) is 2.46. The second kappa shape index (κ2) is 18.8. The summed E-state index contributed by atoms with van der Waals surface area (Å²) >= 11 is 0. The van der Waals surface area contributed by atoms with Gasteiger partial charge in [-0.05, 0) is 19.5 Å². The van der Waals surface area contributed by atoms with E-state index in [2.05, 4.69) is 44.8 Å². The Hall–Kier alpha value is -0.160. The Morgan fingerprint density at radius 3 is 2.05 bits per heavy atom. The minimum absolute atomic E-state index is 0.599. The van der Waals surface area contributed by atoms with Crippen LogP contribution >= 0.6 is 0 Å². The number of ether oxygens (including phenoxy) is 2. The van der Waals surface area contributed by atoms with E-state index in [0.29, 0.717) is 6.04 Å². The summed E-state index contributed by atoms with van der Waals surface area (Å²) in [6.07, 6.45) is 2.36. The van der Waals surface area contributed by atoms with E-state index < -0.39 is 0 Å². The van der Waals surface area contributed by atoms with Crippen molar-refractivity contribution in [1.29, 1.82) is 0 Å². The smallest absolute Gasteiger partial charge is 0.0594 e. The van der Waals surface area contributed by atoms with Crippen LogP contribution in [0.15, 0.2) is 0 Å². The monoisotopic (exact) mass is 290 g/mol. The van der Waals surface area contributed by atoms with Gasteiger partial charge in [-0.25, -0.2) is 0 Å². The molecule has 1 aliphatic heterocycles. The number of methoxy groups -OCH3 is 1. The summed E-state index contributed by atoms with van der Waals surface area (Å²) in [5.41, 5.74) is 0. The van der Waals surface area contributed by atoms with Gasteiger partial charge in [0.15, 0.2) is 0 Å². The van der Waals surface area contributed by atoms with Crippen LogP contribution in [0.25, 0.3) is 0 Å². The lowest BCUT2D eigenvalue weighted by Crippen LogP contribution is -2.35. The van der Waals surface area contributed by atoms with Gasteiger partial charge in [0, 0.05) is 32.8 Å². The zero-order valence-corrected chi connectivity index (χ0v) is 14.7. The molecule has 0 aliphatic carbocycles. The van der Waals surface area contributed by atoms with Crippen LogP contribution in [0.2, 0.25) is 0 Å². The number of hydrogen-bond donors (Lipinski definition) is 1. The first-order valence-electron chi connectivity index (χ1n) is 8.14. The summed E-state index contributed by atoms with van der Waals surface area (Å²) in [6, 6.07) is 0.599. The van der Waals surface area contributed by atoms with Crippen molar-refractivity contribution in [1.82, 2.24) is 10.2 Å². The Morgan fingerprint density at radius 1 is 1.15 bits per heavy atom. The molecule has 4 heteroatoms. The quantitative estimate of drug-likeness (QED) is 0.763. The van der Waals surface area contributed by atoms with Crippen LogP contribution in [-0.2, 0) is 9.47 Å². The second-order valence-electron chi connectivity index (χ2n) is 5.21. The molecule has 0 aromatic rings. The van der Waals surface area contributed by atoms with Crippen molar-refractivity contribution < 1.29 is 9.47 Å². The maximum Gasteiger partial charge on any atom is 0.0594 e. The minimum Gasteiger partial charge on any atom is -0.385 e. The van der Waals surface area contributed by atoms with Crippen molar-refractivity contribution in [3.8, 4) is 0 Å². The fourth-order valence-electron chi connectivity index (χ4n) is 1.52. The number of likely N-dealkylation sites (N-methyl/N-ethyl adjacent to an activating group) is 1. The van der Waals surface area contributed by atoms with E-state index in [4.69, 9.17) is 9.47 Å². The number of hydrogen-bond acceptors (Lipinski definition) is 4. The summed E-state index contributed by atoms with van der Waals surface area (Å²) < 4.78 is 10.0. The van der Waals surface area contributed by atoms with Crippen LogP contribution < -0.4 is 5.32 Å². The van der Waals surface area contributed by atoms with Gasteiger partial charge in [0.05, 0.1) is 13.2 Å². The highest BCUT2D eigenvalue weighted by Crippen LogP contribution is 1.93. The lowest BCUT2D eigenvalue weighted by atomic mass is 10.3. The number of morpholine rings is 1. The Balaban J connectivity index is 0. The van der Waals surface area contributed by atoms with E-state index in [9.17, 15) is 0 Å². The van der Waals surface area contributed by atoms with Gasteiger partial charge in [-0.1, -0.05) is 41.0 Å². The zero-order valence-electron chi connectivity index (χ0n) is 14.7. The molecule has 1 fully saturated rings. The topological polar surface area (TPSA) is 33.7 Å². The number of nitrogens with zero attached hydrogens (tertiary/aromatic N) is 1. The fourth-order valence-corrected chi connectivity index (χ4v) is 1.52. The largest absolute Gasteiger partial charge is 0.385 e. The van der Waals surface area contributed by atoms with Gasteiger partial charge in [-0.3, -0.25) is 4.90 Å². The standard InChI is InChI=1S/C7H17NO.C6H13NO.C3H8/c1-7(2)8-5-4-6-9-3;1-2-7-3-5-8-6-4-7;1-3-2/h7-8H,4-6H2,1-3H3;2-6H2,1H3;3H2,1-2H3. The van der Waals surface area contributed by atoms with Gasteiger partial charge in [0.25, 0.3) is 0 Å². The molecule has 0 radical (unpaired) electrons. The van der Waals surface area contributed by atoms with E-state index in [1.54, 1.807) is 7.11 Å². The van der Waals surface area contributed by atoms with Crippen LogP contribution in [0.4, 0.5) is 0 Å². The highest BCUT2D eigenvalue weighted by molar-refractivity contribution is 4.57. The van der Waals surface area contributed by atoms with Crippen molar-refractivity contribution in [2.75, 3.05) is 53.1 Å². The molecule has 0 unspecified atom stereocenters. The predicted octanol–water partition coefficient (Wildman–Crippen LogP) is 2.78. The molecular weight excluding hydrogens is 252 g/mol. The molecule has 0 saturated carbocycles. The SMILES string of the molecule is CCC.CCN1CCOCC1.COCCCNC(C)C. The van der Waals surface area contributed by atoms with Gasteiger partial charge in [0.1, 0.15) is 0 Å². The summed E-state index contributed by atoms with van der Waals surface area (Å²) in [5.74, 6) is 0. The molecule has 124 valence electrons. The van der Waals surface area contributed by atoms with Crippen LogP contribution in [0, 0.1) is 0 Å². The molecule has 0 aromatic carbocycles. The number of nitrogens with one attached hydrogen (secondary N) is 1. The maximum atomic E-state index is 5.16. The highest BCUT2D eigenvalue weighted by Gasteiger charge is 2.05. The van der Waals surface area contributed by atoms with E-state index in [1.807, 2.05) is 0 Å². The highest BCUT2D eigenvalue weighted by atomic mass is 16.5. The molecule has 0 spiro atoms. The van der Waals surface area contributed by atoms with Crippen LogP contribution in [0.1, 0.15) is 47.5 Å². The molecule has 1 heterocycles. The van der Waals surface area contributed by atoms with Gasteiger partial charge >= 0.3 is 0 Å². The van der Waals surface area contributed by atoms with Crippen LogP contribution in [0.5, 0.6) is 0 Å². The lowest BCUT2D eigenvalue weighted by molar-refractivity contribution is 0.0405. The molecule has 4 nitrogen and oxygen atoms in total. The molecule has 0 amide bonds. The molecule has 0 bridgehead atoms. The van der Waals surface area contributed by atoms with Crippen molar-refractivity contribution in [3.05, 3.63) is 0 Å². The molecule has 0 aromatic heterocycles. The van der Waals surface area contributed by atoms with Gasteiger partial charge in [-0.15, -0.1) is 0 Å². The molecule has 1 aliphatic rings. The first-order chi connectivity index (χ1) is 9.62. The van der Waals surface area contributed by atoms with E-state index in [-0.39, 0.29) is 0 Å². The molecule has 1 saturated heterocycles. The van der Waals surface area contributed by atoms with Crippen LogP contribution in [0.3, 0.4) is 0 Å². The number of rotatable bonds is 6. The summed E-state index contributed by atoms with van der Waals surface area (Å²) in [6.45, 7) is 17.9. The van der Waals surface area contributed by atoms with Crippen molar-refractivity contribution in [3.63, 3.8) is 0 Å². The molecule has 1 rings (SSSR count). The normalized spacial score (nSPS) is 15.2. The third-order valence-corrected chi connectivity index (χ3v) is 2.63. The molecule has 20 heavy (non-hydrogen) atoms. The Bertz CT molecular complexity index is 161. The Kier molecular flexibility index (Phi) is 20.8. The predicted molar refractivity (Wildman–Crippen MR) is 88.5 cm³/mol. The van der Waals surface area contributed by atoms with E-state index in [0.717, 1.165) is 45.9 Å². The van der Waals surface area contributed by atoms with Crippen LogP contribution in [-0.4, -0.2) is 64.1 Å². The maximum absolute atomic E-state index is 5.16. The molecule has 1 N–H and O–H groups in total. The average molecular weight is 290 g/mol. The Morgan fingerprint density at radius 2 is 1.70 bits per heavy atom. The zero-order chi connectivity index (χ0) is 15.6. The second-order valence-corrected chi connectivity index (χ2v) is 5.21. The first kappa shape index (κ1) is 22.1. The van der Waals surface area contributed by atoms with Gasteiger partial charge < -0.3 is 14.8 Å². The Labute approximate surface area is 127 Å². The van der Waals surface area contributed by atoms with Crippen molar-refractivity contribution in [2.45, 2.75) is 53.5 Å². The third-order valence-electron chi connectivity index (χ3n) is 2.63. The summed E-state index contributed by atoms with van der Waals surface area (Å²) in [7, 11) is 1.73. The van der Waals surface area contributed by atoms with Gasteiger partial charge in [0.2, 0.25) is 0 Å². The third kappa shape index (κ3) is 20.2. The van der Waals surface area contributed by atoms with Crippen molar-refractivity contribution >= 4 is 0 Å².